The smallest absolute Gasteiger partial charge is 0.267 e. The van der Waals surface area contributed by atoms with E-state index < -0.39 is 0 Å². The summed E-state index contributed by atoms with van der Waals surface area (Å²) in [7, 11) is 1.56. The van der Waals surface area contributed by atoms with Crippen molar-refractivity contribution in [3.8, 4) is 5.75 Å². The van der Waals surface area contributed by atoms with E-state index >= 15 is 0 Å². The summed E-state index contributed by atoms with van der Waals surface area (Å²) in [6.45, 7) is 0.444. The molecule has 3 aromatic rings. The molecule has 158 valence electrons. The third-order valence-corrected chi connectivity index (χ3v) is 4.82. The van der Waals surface area contributed by atoms with Crippen molar-refractivity contribution in [1.29, 1.82) is 0 Å². The molecule has 0 heterocycles. The van der Waals surface area contributed by atoms with Gasteiger partial charge in [0.15, 0.2) is 0 Å². The van der Waals surface area contributed by atoms with Crippen molar-refractivity contribution in [2.24, 2.45) is 0 Å². The molecule has 0 aliphatic heterocycles. The molecule has 5 nitrogen and oxygen atoms in total. The predicted molar refractivity (Wildman–Crippen MR) is 123 cm³/mol. The van der Waals surface area contributed by atoms with Crippen molar-refractivity contribution in [2.45, 2.75) is 6.42 Å². The van der Waals surface area contributed by atoms with Gasteiger partial charge in [0.1, 0.15) is 11.4 Å². The molecule has 0 aliphatic carbocycles. The minimum atomic E-state index is -0.388. The van der Waals surface area contributed by atoms with E-state index in [1.807, 2.05) is 30.3 Å². The number of halogens is 1. The Morgan fingerprint density at radius 1 is 0.935 bits per heavy atom. The van der Waals surface area contributed by atoms with Gasteiger partial charge in [-0.1, -0.05) is 54.1 Å². The van der Waals surface area contributed by atoms with E-state index in [1.54, 1.807) is 61.7 Å². The molecule has 2 amide bonds. The standard InChI is InChI=1S/C25H23ClN2O3/c1-31-22-13-9-20(10-14-22)24(29)28-23(17-19-7-11-21(26)12-8-19)25(30)27-16-15-18-5-3-2-4-6-18/h2-14,17H,15-16H2,1H3,(H,27,30)(H,28,29)/b23-17-. The maximum Gasteiger partial charge on any atom is 0.267 e. The van der Waals surface area contributed by atoms with Crippen LogP contribution in [0.25, 0.3) is 6.08 Å². The van der Waals surface area contributed by atoms with Crippen LogP contribution in [0.2, 0.25) is 5.02 Å². The van der Waals surface area contributed by atoms with Crippen LogP contribution in [-0.4, -0.2) is 25.5 Å². The Labute approximate surface area is 186 Å². The number of nitrogens with one attached hydrogen (secondary N) is 2. The molecule has 31 heavy (non-hydrogen) atoms. The molecule has 0 saturated heterocycles. The first-order valence-electron chi connectivity index (χ1n) is 9.80. The van der Waals surface area contributed by atoms with Crippen LogP contribution in [0.3, 0.4) is 0 Å². The first-order valence-corrected chi connectivity index (χ1v) is 10.2. The molecule has 0 radical (unpaired) electrons. The minimum absolute atomic E-state index is 0.149. The summed E-state index contributed by atoms with van der Waals surface area (Å²) in [5.74, 6) is -0.110. The summed E-state index contributed by atoms with van der Waals surface area (Å²) >= 11 is 5.95. The molecule has 6 heteroatoms. The summed E-state index contributed by atoms with van der Waals surface area (Å²) in [6, 6.07) is 23.5. The van der Waals surface area contributed by atoms with Gasteiger partial charge in [-0.15, -0.1) is 0 Å². The number of amides is 2. The largest absolute Gasteiger partial charge is 0.497 e. The van der Waals surface area contributed by atoms with Gasteiger partial charge < -0.3 is 15.4 Å². The highest BCUT2D eigenvalue weighted by Crippen LogP contribution is 2.14. The molecule has 0 atom stereocenters. The van der Waals surface area contributed by atoms with Crippen molar-refractivity contribution in [3.63, 3.8) is 0 Å². The monoisotopic (exact) mass is 434 g/mol. The molecular formula is C25H23ClN2O3. The number of hydrogen-bond acceptors (Lipinski definition) is 3. The lowest BCUT2D eigenvalue weighted by molar-refractivity contribution is -0.117. The van der Waals surface area contributed by atoms with Crippen LogP contribution >= 0.6 is 11.6 Å². The summed E-state index contributed by atoms with van der Waals surface area (Å²) in [6.07, 6.45) is 2.31. The zero-order valence-corrected chi connectivity index (χ0v) is 17.9. The molecule has 3 rings (SSSR count). The third kappa shape index (κ3) is 6.73. The number of carbonyl (C=O) groups excluding carboxylic acids is 2. The van der Waals surface area contributed by atoms with E-state index in [1.165, 1.54) is 0 Å². The Kier molecular flexibility index (Phi) is 7.85. The highest BCUT2D eigenvalue weighted by Gasteiger charge is 2.14. The van der Waals surface area contributed by atoms with Crippen LogP contribution in [0.1, 0.15) is 21.5 Å². The first kappa shape index (κ1) is 22.1. The maximum atomic E-state index is 12.8. The number of rotatable bonds is 8. The van der Waals surface area contributed by atoms with Gasteiger partial charge in [-0.05, 0) is 60.0 Å². The van der Waals surface area contributed by atoms with Crippen molar-refractivity contribution >= 4 is 29.5 Å². The lowest BCUT2D eigenvalue weighted by Crippen LogP contribution is -2.35. The highest BCUT2D eigenvalue weighted by molar-refractivity contribution is 6.30. The van der Waals surface area contributed by atoms with Crippen LogP contribution in [0.4, 0.5) is 0 Å². The number of benzene rings is 3. The Morgan fingerprint density at radius 2 is 1.61 bits per heavy atom. The van der Waals surface area contributed by atoms with Crippen LogP contribution in [0, 0.1) is 0 Å². The molecule has 0 fully saturated rings. The normalized spacial score (nSPS) is 11.0. The van der Waals surface area contributed by atoms with Gasteiger partial charge in [0.05, 0.1) is 7.11 Å². The van der Waals surface area contributed by atoms with Crippen LogP contribution in [0.15, 0.2) is 84.6 Å². The Bertz CT molecular complexity index is 1050. The van der Waals surface area contributed by atoms with Gasteiger partial charge in [0.25, 0.3) is 11.8 Å². The first-order chi connectivity index (χ1) is 15.0. The lowest BCUT2D eigenvalue weighted by Gasteiger charge is -2.12. The van der Waals surface area contributed by atoms with Gasteiger partial charge >= 0.3 is 0 Å². The SMILES string of the molecule is COc1ccc(C(=O)N/C(=C\c2ccc(Cl)cc2)C(=O)NCCc2ccccc2)cc1. The second kappa shape index (κ2) is 11.0. The second-order valence-corrected chi connectivity index (χ2v) is 7.22. The molecule has 0 aliphatic rings. The van der Waals surface area contributed by atoms with Gasteiger partial charge in [-0.2, -0.15) is 0 Å². The summed E-state index contributed by atoms with van der Waals surface area (Å²) < 4.78 is 5.12. The average Bonchev–Trinajstić information content (AvgIpc) is 2.80. The van der Waals surface area contributed by atoms with Gasteiger partial charge in [0.2, 0.25) is 0 Å². The topological polar surface area (TPSA) is 67.4 Å². The Balaban J connectivity index is 1.74. The predicted octanol–water partition coefficient (Wildman–Crippen LogP) is 4.48. The fraction of sp³-hybridized carbons (Fsp3) is 0.120. The van der Waals surface area contributed by atoms with E-state index in [0.717, 1.165) is 11.1 Å². The molecule has 0 spiro atoms. The van der Waals surface area contributed by atoms with Crippen molar-refractivity contribution < 1.29 is 14.3 Å². The van der Waals surface area contributed by atoms with Crippen LogP contribution < -0.4 is 15.4 Å². The van der Waals surface area contributed by atoms with Crippen molar-refractivity contribution in [3.05, 3.63) is 106 Å². The van der Waals surface area contributed by atoms with E-state index in [2.05, 4.69) is 10.6 Å². The van der Waals surface area contributed by atoms with Crippen LogP contribution in [0.5, 0.6) is 5.75 Å². The van der Waals surface area contributed by atoms with Crippen LogP contribution in [-0.2, 0) is 11.2 Å². The van der Waals surface area contributed by atoms with Gasteiger partial charge in [0, 0.05) is 17.1 Å². The summed E-state index contributed by atoms with van der Waals surface area (Å²) in [5, 5.41) is 6.18. The van der Waals surface area contributed by atoms with Crippen molar-refractivity contribution in [2.75, 3.05) is 13.7 Å². The molecule has 0 unspecified atom stereocenters. The summed E-state index contributed by atoms with van der Waals surface area (Å²) in [4.78, 5) is 25.5. The molecule has 0 bridgehead atoms. The van der Waals surface area contributed by atoms with E-state index in [-0.39, 0.29) is 17.5 Å². The average molecular weight is 435 g/mol. The summed E-state index contributed by atoms with van der Waals surface area (Å²) in [5.41, 5.74) is 2.43. The minimum Gasteiger partial charge on any atom is -0.497 e. The fourth-order valence-corrected chi connectivity index (χ4v) is 3.01. The number of methoxy groups -OCH3 is 1. The van der Waals surface area contributed by atoms with E-state index in [0.29, 0.717) is 29.3 Å². The molecule has 2 N–H and O–H groups in total. The molecular weight excluding hydrogens is 412 g/mol. The Morgan fingerprint density at radius 3 is 2.26 bits per heavy atom. The molecule has 0 aromatic heterocycles. The number of hydrogen-bond donors (Lipinski definition) is 2. The highest BCUT2D eigenvalue weighted by atomic mass is 35.5. The van der Waals surface area contributed by atoms with Crippen molar-refractivity contribution in [1.82, 2.24) is 10.6 Å². The lowest BCUT2D eigenvalue weighted by atomic mass is 10.1. The van der Waals surface area contributed by atoms with Gasteiger partial charge in [-0.25, -0.2) is 0 Å². The zero-order valence-electron chi connectivity index (χ0n) is 17.1. The number of ether oxygens (including phenoxy) is 1. The van der Waals surface area contributed by atoms with E-state index in [9.17, 15) is 9.59 Å². The third-order valence-electron chi connectivity index (χ3n) is 4.57. The Hall–Kier alpha value is -3.57. The maximum absolute atomic E-state index is 12.8. The molecule has 3 aromatic carbocycles. The second-order valence-electron chi connectivity index (χ2n) is 6.78. The zero-order chi connectivity index (χ0) is 22.1. The fourth-order valence-electron chi connectivity index (χ4n) is 2.88. The van der Waals surface area contributed by atoms with Gasteiger partial charge in [-0.3, -0.25) is 9.59 Å². The van der Waals surface area contributed by atoms with E-state index in [4.69, 9.17) is 16.3 Å². The quantitative estimate of drug-likeness (QED) is 0.514. The number of carbonyl (C=O) groups is 2. The molecule has 0 saturated carbocycles.